The molecular weight excluding hydrogens is 478 g/mol. The molecule has 1 aromatic carbocycles. The molecule has 0 radical (unpaired) electrons. The highest BCUT2D eigenvalue weighted by molar-refractivity contribution is 5.64. The molecule has 1 aromatic heterocycles. The van der Waals surface area contributed by atoms with Crippen LogP contribution >= 0.6 is 0 Å². The van der Waals surface area contributed by atoms with E-state index < -0.39 is 6.09 Å². The maximum atomic E-state index is 11.0. The molecule has 2 saturated heterocycles. The molecule has 3 aliphatic carbocycles. The first-order chi connectivity index (χ1) is 18.4. The van der Waals surface area contributed by atoms with Crippen molar-refractivity contribution in [3.63, 3.8) is 0 Å². The van der Waals surface area contributed by atoms with Gasteiger partial charge in [-0.2, -0.15) is 0 Å². The summed E-state index contributed by atoms with van der Waals surface area (Å²) in [6.45, 7) is 7.76. The average Bonchev–Trinajstić information content (AvgIpc) is 3.33. The first-order valence-corrected chi connectivity index (χ1v) is 14.3. The van der Waals surface area contributed by atoms with Crippen LogP contribution in [0.15, 0.2) is 24.3 Å². The van der Waals surface area contributed by atoms with Crippen molar-refractivity contribution in [3.8, 4) is 5.75 Å². The van der Waals surface area contributed by atoms with E-state index in [0.717, 1.165) is 62.0 Å². The monoisotopic (exact) mass is 517 g/mol. The Morgan fingerprint density at radius 1 is 1.21 bits per heavy atom. The summed E-state index contributed by atoms with van der Waals surface area (Å²) in [5.74, 6) is 3.14. The third-order valence-electron chi connectivity index (χ3n) is 10.9. The number of piperidine rings is 1. The summed E-state index contributed by atoms with van der Waals surface area (Å²) >= 11 is 0. The van der Waals surface area contributed by atoms with Crippen molar-refractivity contribution >= 4 is 12.0 Å². The number of likely N-dealkylation sites (tertiary alicyclic amines) is 1. The molecule has 4 bridgehead atoms. The molecule has 2 saturated carbocycles. The van der Waals surface area contributed by atoms with Crippen LogP contribution in [0.3, 0.4) is 0 Å². The van der Waals surface area contributed by atoms with Crippen molar-refractivity contribution in [2.75, 3.05) is 38.2 Å². The van der Waals surface area contributed by atoms with E-state index in [-0.39, 0.29) is 10.8 Å². The Bertz CT molecular complexity index is 1260. The number of fused-ring (bicyclic) bond motifs is 1. The third kappa shape index (κ3) is 3.22. The van der Waals surface area contributed by atoms with Crippen molar-refractivity contribution in [1.29, 1.82) is 0 Å². The van der Waals surface area contributed by atoms with Gasteiger partial charge < -0.3 is 20.1 Å². The highest BCUT2D eigenvalue weighted by Crippen LogP contribution is 2.75. The van der Waals surface area contributed by atoms with Crippen LogP contribution < -0.4 is 15.0 Å². The predicted octanol–water partition coefficient (Wildman–Crippen LogP) is 3.93. The number of aryl methyl sites for hydroxylation is 2. The molecule has 7 rings (SSSR count). The lowest BCUT2D eigenvalue weighted by Crippen LogP contribution is -2.69. The van der Waals surface area contributed by atoms with Gasteiger partial charge in [0.05, 0.1) is 7.11 Å². The minimum Gasteiger partial charge on any atom is -0.497 e. The van der Waals surface area contributed by atoms with Gasteiger partial charge in [0.25, 0.3) is 0 Å². The van der Waals surface area contributed by atoms with Crippen molar-refractivity contribution in [1.82, 2.24) is 20.2 Å². The van der Waals surface area contributed by atoms with E-state index in [2.05, 4.69) is 53.2 Å². The van der Waals surface area contributed by atoms with Gasteiger partial charge in [-0.25, -0.2) is 14.8 Å². The van der Waals surface area contributed by atoms with Gasteiger partial charge in [0, 0.05) is 48.5 Å². The van der Waals surface area contributed by atoms with Crippen LogP contribution in [0, 0.1) is 31.1 Å². The molecule has 6 atom stereocenters. The molecule has 0 spiro atoms. The molecule has 1 amide bonds. The zero-order valence-corrected chi connectivity index (χ0v) is 22.7. The number of benzene rings is 1. The fraction of sp³-hybridized carbons (Fsp3) is 0.633. The summed E-state index contributed by atoms with van der Waals surface area (Å²) in [6.07, 6.45) is 5.87. The number of anilines is 1. The number of amides is 1. The Morgan fingerprint density at radius 3 is 2.79 bits per heavy atom. The Morgan fingerprint density at radius 2 is 2.03 bits per heavy atom. The lowest BCUT2D eigenvalue weighted by molar-refractivity contribution is -0.0909. The predicted molar refractivity (Wildman–Crippen MR) is 145 cm³/mol. The first kappa shape index (κ1) is 24.2. The maximum absolute atomic E-state index is 11.0. The minimum atomic E-state index is -0.930. The summed E-state index contributed by atoms with van der Waals surface area (Å²) in [5, 5.41) is 11.6. The number of carbonyl (C=O) groups is 1. The molecule has 8 heteroatoms. The topological polar surface area (TPSA) is 90.8 Å². The van der Waals surface area contributed by atoms with Gasteiger partial charge in [-0.05, 0) is 105 Å². The number of aromatic nitrogens is 2. The summed E-state index contributed by atoms with van der Waals surface area (Å²) in [4.78, 5) is 26.1. The quantitative estimate of drug-likeness (QED) is 0.561. The fourth-order valence-electron chi connectivity index (χ4n) is 10.0. The number of nitrogens with zero attached hydrogens (tertiary/aromatic N) is 4. The van der Waals surface area contributed by atoms with Crippen LogP contribution in [0.4, 0.5) is 10.7 Å². The second kappa shape index (κ2) is 8.57. The number of hydrogen-bond donors (Lipinski definition) is 2. The van der Waals surface area contributed by atoms with Gasteiger partial charge in [-0.15, -0.1) is 0 Å². The summed E-state index contributed by atoms with van der Waals surface area (Å²) in [5.41, 5.74) is 5.56. The lowest BCUT2D eigenvalue weighted by Gasteiger charge is -2.66. The summed E-state index contributed by atoms with van der Waals surface area (Å²) in [6, 6.07) is 9.90. The molecule has 2 aliphatic heterocycles. The molecule has 8 nitrogen and oxygen atoms in total. The Balaban J connectivity index is 1.29. The molecule has 3 heterocycles. The van der Waals surface area contributed by atoms with Gasteiger partial charge in [-0.3, -0.25) is 4.90 Å². The largest absolute Gasteiger partial charge is 0.497 e. The van der Waals surface area contributed by atoms with Gasteiger partial charge in [0.15, 0.2) is 0 Å². The normalized spacial score (nSPS) is 34.6. The van der Waals surface area contributed by atoms with Gasteiger partial charge in [0.2, 0.25) is 5.95 Å². The van der Waals surface area contributed by atoms with E-state index in [1.165, 1.54) is 24.8 Å². The minimum absolute atomic E-state index is 0.150. The lowest BCUT2D eigenvalue weighted by atomic mass is 9.43. The summed E-state index contributed by atoms with van der Waals surface area (Å²) in [7, 11) is 1.78. The number of rotatable bonds is 6. The van der Waals surface area contributed by atoms with Crippen LogP contribution in [0.1, 0.15) is 54.6 Å². The van der Waals surface area contributed by atoms with E-state index in [9.17, 15) is 4.79 Å². The highest BCUT2D eigenvalue weighted by Gasteiger charge is 2.76. The highest BCUT2D eigenvalue weighted by atomic mass is 16.5. The van der Waals surface area contributed by atoms with E-state index in [0.29, 0.717) is 30.5 Å². The van der Waals surface area contributed by atoms with Crippen LogP contribution in [0.25, 0.3) is 0 Å². The standard InChI is InChI=1S/C30H39N5O3/c1-18-13-19(2)33-27(32-18)35-17-21-16-29-8-7-24(35)26(21)30(29)9-12-34(11-4-10-31-28(36)37)25(29)14-20-5-6-22(38-3)15-23(20)30/h5-6,13,15,21,24-26,31H,4,7-12,14,16-17H2,1-3H3,(H,36,37)/t21-,24-,25-,26-,29-,30+/m1/s1. The molecular formula is C30H39N5O3. The fourth-order valence-corrected chi connectivity index (χ4v) is 10.0. The Hall–Kier alpha value is -2.87. The van der Waals surface area contributed by atoms with Crippen LogP contribution in [-0.4, -0.2) is 71.4 Å². The molecule has 4 fully saturated rings. The van der Waals surface area contributed by atoms with E-state index in [4.69, 9.17) is 19.8 Å². The zero-order chi connectivity index (χ0) is 26.2. The van der Waals surface area contributed by atoms with Crippen LogP contribution in [0.5, 0.6) is 5.75 Å². The molecule has 0 unspecified atom stereocenters. The number of methoxy groups -OCH3 is 1. The van der Waals surface area contributed by atoms with Crippen molar-refractivity contribution in [2.45, 2.75) is 69.9 Å². The van der Waals surface area contributed by atoms with Gasteiger partial charge in [-0.1, -0.05) is 6.07 Å². The van der Waals surface area contributed by atoms with Gasteiger partial charge in [0.1, 0.15) is 5.75 Å². The SMILES string of the molecule is COc1ccc2c(c1)[C@]13CCN(CCCNC(=O)O)[C@H](C2)[C@]12CC[C@@H]1[C@H]3[C@@H](CN1c1nc(C)cc(C)n1)C2. The average molecular weight is 518 g/mol. The number of ether oxygens (including phenoxy) is 1. The van der Waals surface area contributed by atoms with Crippen molar-refractivity contribution in [3.05, 3.63) is 46.8 Å². The second-order valence-electron chi connectivity index (χ2n) is 12.4. The van der Waals surface area contributed by atoms with E-state index in [1.807, 2.05) is 0 Å². The van der Waals surface area contributed by atoms with Crippen LogP contribution in [0.2, 0.25) is 0 Å². The number of carboxylic acid groups (broad SMARTS) is 1. The van der Waals surface area contributed by atoms with Crippen molar-refractivity contribution < 1.29 is 14.6 Å². The molecule has 5 aliphatic rings. The molecule has 38 heavy (non-hydrogen) atoms. The third-order valence-corrected chi connectivity index (χ3v) is 10.9. The van der Waals surface area contributed by atoms with Gasteiger partial charge >= 0.3 is 6.09 Å². The first-order valence-electron chi connectivity index (χ1n) is 14.3. The van der Waals surface area contributed by atoms with Crippen LogP contribution in [-0.2, 0) is 11.8 Å². The smallest absolute Gasteiger partial charge is 0.404 e. The molecule has 202 valence electrons. The molecule has 2 N–H and O–H groups in total. The Labute approximate surface area is 224 Å². The van der Waals surface area contributed by atoms with Crippen molar-refractivity contribution in [2.24, 2.45) is 17.3 Å². The van der Waals surface area contributed by atoms with E-state index in [1.54, 1.807) is 12.7 Å². The Kier molecular flexibility index (Phi) is 5.45. The molecule has 2 aromatic rings. The number of hydrogen-bond acceptors (Lipinski definition) is 6. The second-order valence-corrected chi connectivity index (χ2v) is 12.4. The maximum Gasteiger partial charge on any atom is 0.404 e. The zero-order valence-electron chi connectivity index (χ0n) is 22.7. The summed E-state index contributed by atoms with van der Waals surface area (Å²) < 4.78 is 5.78. The number of nitrogens with one attached hydrogen (secondary N) is 1. The van der Waals surface area contributed by atoms with E-state index >= 15 is 0 Å².